The van der Waals surface area contributed by atoms with Crippen LogP contribution in [0.5, 0.6) is 0 Å². The van der Waals surface area contributed by atoms with Crippen molar-refractivity contribution in [1.82, 2.24) is 4.31 Å². The Kier molecular flexibility index (Phi) is 3.32. The lowest BCUT2D eigenvalue weighted by Crippen LogP contribution is -2.47. The molecule has 6 heteroatoms. The summed E-state index contributed by atoms with van der Waals surface area (Å²) in [6.45, 7) is 0.894. The van der Waals surface area contributed by atoms with E-state index in [1.54, 1.807) is 6.07 Å². The molecule has 2 N–H and O–H groups in total. The first kappa shape index (κ1) is 11.6. The van der Waals surface area contributed by atoms with Gasteiger partial charge in [0.05, 0.1) is 6.26 Å². The van der Waals surface area contributed by atoms with Gasteiger partial charge in [0, 0.05) is 19.1 Å². The Bertz CT molecular complexity index is 427. The second-order valence-electron chi connectivity index (χ2n) is 3.93. The second kappa shape index (κ2) is 4.57. The summed E-state index contributed by atoms with van der Waals surface area (Å²) in [5.41, 5.74) is 5.61. The molecular formula is C10H16N2O3S. The lowest BCUT2D eigenvalue weighted by molar-refractivity contribution is 0.251. The van der Waals surface area contributed by atoms with Crippen LogP contribution in [0.1, 0.15) is 19.3 Å². The van der Waals surface area contributed by atoms with Gasteiger partial charge in [0.25, 0.3) is 10.0 Å². The number of rotatable bonds is 3. The van der Waals surface area contributed by atoms with Crippen LogP contribution in [-0.2, 0) is 10.0 Å². The van der Waals surface area contributed by atoms with Crippen molar-refractivity contribution in [3.63, 3.8) is 0 Å². The summed E-state index contributed by atoms with van der Waals surface area (Å²) >= 11 is 0. The SMILES string of the molecule is NCC1CCCCN1S(=O)(=O)c1ccco1. The number of hydrogen-bond donors (Lipinski definition) is 1. The highest BCUT2D eigenvalue weighted by atomic mass is 32.2. The van der Waals surface area contributed by atoms with E-state index >= 15 is 0 Å². The molecule has 1 fully saturated rings. The summed E-state index contributed by atoms with van der Waals surface area (Å²) in [5.74, 6) is 0. The van der Waals surface area contributed by atoms with E-state index in [0.717, 1.165) is 19.3 Å². The molecule has 0 saturated carbocycles. The molecule has 1 saturated heterocycles. The van der Waals surface area contributed by atoms with Crippen molar-refractivity contribution in [1.29, 1.82) is 0 Å². The minimum Gasteiger partial charge on any atom is -0.452 e. The molecule has 1 aliphatic rings. The molecule has 0 spiro atoms. The van der Waals surface area contributed by atoms with Gasteiger partial charge in [-0.15, -0.1) is 0 Å². The van der Waals surface area contributed by atoms with E-state index in [4.69, 9.17) is 10.2 Å². The van der Waals surface area contributed by atoms with Gasteiger partial charge in [-0.1, -0.05) is 6.42 Å². The molecule has 90 valence electrons. The van der Waals surface area contributed by atoms with Crippen LogP contribution >= 0.6 is 0 Å². The Labute approximate surface area is 95.3 Å². The first-order valence-electron chi connectivity index (χ1n) is 5.41. The van der Waals surface area contributed by atoms with E-state index in [9.17, 15) is 8.42 Å². The van der Waals surface area contributed by atoms with Crippen LogP contribution in [0.15, 0.2) is 27.9 Å². The van der Waals surface area contributed by atoms with Gasteiger partial charge in [-0.2, -0.15) is 4.31 Å². The van der Waals surface area contributed by atoms with Crippen LogP contribution in [0.3, 0.4) is 0 Å². The maximum atomic E-state index is 12.2. The molecule has 0 amide bonds. The zero-order chi connectivity index (χ0) is 11.6. The zero-order valence-corrected chi connectivity index (χ0v) is 9.82. The summed E-state index contributed by atoms with van der Waals surface area (Å²) in [5, 5.41) is 0.00727. The van der Waals surface area contributed by atoms with Gasteiger partial charge >= 0.3 is 0 Å². The van der Waals surface area contributed by atoms with E-state index < -0.39 is 10.0 Å². The summed E-state index contributed by atoms with van der Waals surface area (Å²) < 4.78 is 30.8. The first-order chi connectivity index (χ1) is 7.66. The second-order valence-corrected chi connectivity index (χ2v) is 5.75. The van der Waals surface area contributed by atoms with E-state index in [1.807, 2.05) is 0 Å². The Morgan fingerprint density at radius 1 is 1.50 bits per heavy atom. The fourth-order valence-corrected chi connectivity index (χ4v) is 3.66. The Hall–Kier alpha value is -0.850. The maximum Gasteiger partial charge on any atom is 0.276 e. The molecule has 2 rings (SSSR count). The van der Waals surface area contributed by atoms with Gasteiger partial charge in [0.15, 0.2) is 0 Å². The molecule has 1 atom stereocenters. The standard InChI is InChI=1S/C10H16N2O3S/c11-8-9-4-1-2-6-12(9)16(13,14)10-5-3-7-15-10/h3,5,7,9H,1-2,4,6,8,11H2. The lowest BCUT2D eigenvalue weighted by Gasteiger charge is -2.32. The van der Waals surface area contributed by atoms with Crippen molar-refractivity contribution >= 4 is 10.0 Å². The number of hydrogen-bond acceptors (Lipinski definition) is 4. The third kappa shape index (κ3) is 2.00. The summed E-state index contributed by atoms with van der Waals surface area (Å²) in [6.07, 6.45) is 4.12. The normalized spacial score (nSPS) is 23.4. The van der Waals surface area contributed by atoms with E-state index in [0.29, 0.717) is 13.1 Å². The average molecular weight is 244 g/mol. The quantitative estimate of drug-likeness (QED) is 0.852. The number of sulfonamides is 1. The average Bonchev–Trinajstić information content (AvgIpc) is 2.83. The fraction of sp³-hybridized carbons (Fsp3) is 0.600. The largest absolute Gasteiger partial charge is 0.452 e. The van der Waals surface area contributed by atoms with Crippen molar-refractivity contribution in [3.8, 4) is 0 Å². The predicted molar refractivity (Wildman–Crippen MR) is 59.3 cm³/mol. The highest BCUT2D eigenvalue weighted by Gasteiger charge is 2.34. The third-order valence-corrected chi connectivity index (χ3v) is 4.74. The van der Waals surface area contributed by atoms with Gasteiger partial charge in [-0.25, -0.2) is 8.42 Å². The smallest absolute Gasteiger partial charge is 0.276 e. The highest BCUT2D eigenvalue weighted by Crippen LogP contribution is 2.24. The lowest BCUT2D eigenvalue weighted by atomic mass is 10.1. The van der Waals surface area contributed by atoms with E-state index in [-0.39, 0.29) is 11.1 Å². The molecule has 1 unspecified atom stereocenters. The first-order valence-corrected chi connectivity index (χ1v) is 6.85. The maximum absolute atomic E-state index is 12.2. The van der Waals surface area contributed by atoms with Crippen molar-refractivity contribution in [2.45, 2.75) is 30.4 Å². The summed E-state index contributed by atoms with van der Waals surface area (Å²) in [7, 11) is -3.49. The molecule has 2 heterocycles. The van der Waals surface area contributed by atoms with Crippen LogP contribution in [0.25, 0.3) is 0 Å². The minimum atomic E-state index is -3.49. The Morgan fingerprint density at radius 2 is 2.31 bits per heavy atom. The molecule has 0 bridgehead atoms. The predicted octanol–water partition coefficient (Wildman–Crippen LogP) is 0.781. The molecule has 1 aromatic rings. The van der Waals surface area contributed by atoms with Crippen LogP contribution in [0.4, 0.5) is 0 Å². The van der Waals surface area contributed by atoms with Crippen molar-refractivity contribution in [2.24, 2.45) is 5.73 Å². The number of furan rings is 1. The van der Waals surface area contributed by atoms with Gasteiger partial charge < -0.3 is 10.2 Å². The summed E-state index contributed by atoms with van der Waals surface area (Å²) in [6, 6.07) is 2.95. The van der Waals surface area contributed by atoms with Crippen molar-refractivity contribution < 1.29 is 12.8 Å². The molecule has 0 aromatic carbocycles. The Balaban J connectivity index is 2.28. The number of nitrogens with zero attached hydrogens (tertiary/aromatic N) is 1. The molecule has 1 aromatic heterocycles. The van der Waals surface area contributed by atoms with E-state index in [2.05, 4.69) is 0 Å². The van der Waals surface area contributed by atoms with Crippen molar-refractivity contribution in [3.05, 3.63) is 18.4 Å². The van der Waals surface area contributed by atoms with Gasteiger partial charge in [0.2, 0.25) is 5.09 Å². The number of piperidine rings is 1. The minimum absolute atomic E-state index is 0.00727. The molecule has 1 aliphatic heterocycles. The number of nitrogens with two attached hydrogens (primary N) is 1. The van der Waals surface area contributed by atoms with Gasteiger partial charge in [0.1, 0.15) is 0 Å². The molecule has 0 aliphatic carbocycles. The zero-order valence-electron chi connectivity index (χ0n) is 9.00. The fourth-order valence-electron chi connectivity index (χ4n) is 2.05. The van der Waals surface area contributed by atoms with Crippen molar-refractivity contribution in [2.75, 3.05) is 13.1 Å². The summed E-state index contributed by atoms with van der Waals surface area (Å²) in [4.78, 5) is 0. The van der Waals surface area contributed by atoms with Crippen LogP contribution < -0.4 is 5.73 Å². The van der Waals surface area contributed by atoms with Crippen LogP contribution in [-0.4, -0.2) is 31.9 Å². The third-order valence-electron chi connectivity index (χ3n) is 2.90. The molecular weight excluding hydrogens is 228 g/mol. The molecule has 0 radical (unpaired) electrons. The van der Waals surface area contributed by atoms with Crippen LogP contribution in [0, 0.1) is 0 Å². The van der Waals surface area contributed by atoms with Gasteiger partial charge in [-0.05, 0) is 25.0 Å². The Morgan fingerprint density at radius 3 is 2.94 bits per heavy atom. The monoisotopic (exact) mass is 244 g/mol. The topological polar surface area (TPSA) is 76.5 Å². The van der Waals surface area contributed by atoms with E-state index in [1.165, 1.54) is 16.6 Å². The van der Waals surface area contributed by atoms with Gasteiger partial charge in [-0.3, -0.25) is 0 Å². The molecule has 5 nitrogen and oxygen atoms in total. The molecule has 16 heavy (non-hydrogen) atoms. The van der Waals surface area contributed by atoms with Crippen LogP contribution in [0.2, 0.25) is 0 Å². The highest BCUT2D eigenvalue weighted by molar-refractivity contribution is 7.89.